The van der Waals surface area contributed by atoms with Crippen molar-refractivity contribution in [1.82, 2.24) is 9.78 Å². The molecule has 2 fully saturated rings. The van der Waals surface area contributed by atoms with Gasteiger partial charge in [-0.05, 0) is 19.3 Å². The van der Waals surface area contributed by atoms with Crippen LogP contribution in [-0.4, -0.2) is 29.6 Å². The molecule has 0 radical (unpaired) electrons. The molecule has 16 heavy (non-hydrogen) atoms. The Kier molecular flexibility index (Phi) is 2.69. The maximum absolute atomic E-state index is 5.78. The van der Waals surface area contributed by atoms with Crippen molar-refractivity contribution in [2.24, 2.45) is 0 Å². The molecule has 2 atom stereocenters. The largest absolute Gasteiger partial charge is 0.381 e. The van der Waals surface area contributed by atoms with Gasteiger partial charge in [0.15, 0.2) is 0 Å². The molecule has 3 rings (SSSR count). The maximum Gasteiger partial charge on any atom is 0.0880 e. The Morgan fingerprint density at radius 1 is 1.44 bits per heavy atom. The first-order valence-electron chi connectivity index (χ1n) is 6.05. The van der Waals surface area contributed by atoms with Gasteiger partial charge in [0.25, 0.3) is 0 Å². The third-order valence-corrected chi connectivity index (χ3v) is 3.48. The van der Waals surface area contributed by atoms with Crippen molar-refractivity contribution < 1.29 is 9.47 Å². The Bertz CT molecular complexity index is 360. The van der Waals surface area contributed by atoms with Crippen molar-refractivity contribution >= 4 is 0 Å². The molecule has 2 aliphatic rings. The van der Waals surface area contributed by atoms with Crippen LogP contribution in [0.2, 0.25) is 0 Å². The number of methoxy groups -OCH3 is 1. The van der Waals surface area contributed by atoms with E-state index in [1.807, 2.05) is 6.20 Å². The molecule has 0 bridgehead atoms. The van der Waals surface area contributed by atoms with Crippen molar-refractivity contribution in [3.63, 3.8) is 0 Å². The minimum absolute atomic E-state index is 0.172. The predicted molar refractivity (Wildman–Crippen MR) is 59.2 cm³/mol. The Morgan fingerprint density at radius 2 is 2.31 bits per heavy atom. The van der Waals surface area contributed by atoms with E-state index in [1.165, 1.54) is 18.4 Å². The van der Waals surface area contributed by atoms with Gasteiger partial charge in [0.1, 0.15) is 0 Å². The van der Waals surface area contributed by atoms with Gasteiger partial charge in [-0.1, -0.05) is 0 Å². The molecule has 1 aromatic heterocycles. The predicted octanol–water partition coefficient (Wildman–Crippen LogP) is 2.08. The monoisotopic (exact) mass is 222 g/mol. The molecule has 0 amide bonds. The fraction of sp³-hybridized carbons (Fsp3) is 0.750. The van der Waals surface area contributed by atoms with E-state index >= 15 is 0 Å². The first kappa shape index (κ1) is 10.3. The van der Waals surface area contributed by atoms with Gasteiger partial charge in [-0.2, -0.15) is 5.10 Å². The summed E-state index contributed by atoms with van der Waals surface area (Å²) in [6.07, 6.45) is 9.09. The number of ether oxygens (including phenoxy) is 2. The summed E-state index contributed by atoms with van der Waals surface area (Å²) in [4.78, 5) is 0. The zero-order chi connectivity index (χ0) is 11.0. The van der Waals surface area contributed by atoms with E-state index in [2.05, 4.69) is 16.0 Å². The lowest BCUT2D eigenvalue weighted by Gasteiger charge is -2.27. The molecular formula is C12H18N2O2. The number of hydrogen-bond donors (Lipinski definition) is 0. The highest BCUT2D eigenvalue weighted by atomic mass is 16.5. The third kappa shape index (κ3) is 1.99. The van der Waals surface area contributed by atoms with Crippen LogP contribution in [0.15, 0.2) is 12.4 Å². The smallest absolute Gasteiger partial charge is 0.0880 e. The maximum atomic E-state index is 5.78. The van der Waals surface area contributed by atoms with Crippen molar-refractivity contribution in [1.29, 1.82) is 0 Å². The number of rotatable bonds is 3. The second-order valence-electron chi connectivity index (χ2n) is 4.73. The SMILES string of the molecule is COC1CCO[C@H](c2cnn(C3CC3)c2)C1. The average molecular weight is 222 g/mol. The molecule has 2 heterocycles. The highest BCUT2D eigenvalue weighted by Crippen LogP contribution is 2.36. The van der Waals surface area contributed by atoms with Crippen molar-refractivity contribution in [3.05, 3.63) is 18.0 Å². The minimum atomic E-state index is 0.172. The lowest BCUT2D eigenvalue weighted by atomic mass is 10.0. The molecule has 1 aliphatic carbocycles. The van der Waals surface area contributed by atoms with E-state index in [1.54, 1.807) is 7.11 Å². The third-order valence-electron chi connectivity index (χ3n) is 3.48. The fourth-order valence-electron chi connectivity index (χ4n) is 2.27. The van der Waals surface area contributed by atoms with Gasteiger partial charge in [0.2, 0.25) is 0 Å². The second kappa shape index (κ2) is 4.18. The van der Waals surface area contributed by atoms with Crippen LogP contribution >= 0.6 is 0 Å². The van der Waals surface area contributed by atoms with Crippen LogP contribution in [0.25, 0.3) is 0 Å². The van der Waals surface area contributed by atoms with Gasteiger partial charge in [0.05, 0.1) is 24.4 Å². The van der Waals surface area contributed by atoms with E-state index in [0.717, 1.165) is 19.4 Å². The summed E-state index contributed by atoms with van der Waals surface area (Å²) in [5, 5.41) is 4.40. The van der Waals surface area contributed by atoms with Crippen molar-refractivity contribution in [3.8, 4) is 0 Å². The van der Waals surface area contributed by atoms with Crippen LogP contribution in [0.5, 0.6) is 0 Å². The summed E-state index contributed by atoms with van der Waals surface area (Å²) < 4.78 is 13.3. The summed E-state index contributed by atoms with van der Waals surface area (Å²) in [5.41, 5.74) is 1.20. The minimum Gasteiger partial charge on any atom is -0.381 e. The molecule has 0 aromatic carbocycles. The summed E-state index contributed by atoms with van der Waals surface area (Å²) in [6, 6.07) is 0.649. The lowest BCUT2D eigenvalue weighted by Crippen LogP contribution is -2.24. The van der Waals surface area contributed by atoms with Crippen molar-refractivity contribution in [2.45, 2.75) is 43.9 Å². The molecule has 1 aromatic rings. The number of hydrogen-bond acceptors (Lipinski definition) is 3. The molecule has 1 saturated carbocycles. The molecule has 1 saturated heterocycles. The molecule has 88 valence electrons. The molecule has 4 nitrogen and oxygen atoms in total. The molecular weight excluding hydrogens is 204 g/mol. The summed E-state index contributed by atoms with van der Waals surface area (Å²) in [6.45, 7) is 0.789. The van der Waals surface area contributed by atoms with Gasteiger partial charge >= 0.3 is 0 Å². The van der Waals surface area contributed by atoms with Gasteiger partial charge in [-0.3, -0.25) is 4.68 Å². The quantitative estimate of drug-likeness (QED) is 0.785. The molecule has 1 unspecified atom stereocenters. The van der Waals surface area contributed by atoms with Crippen LogP contribution in [0.3, 0.4) is 0 Å². The first-order chi connectivity index (χ1) is 7.86. The molecule has 0 N–H and O–H groups in total. The zero-order valence-corrected chi connectivity index (χ0v) is 9.63. The fourth-order valence-corrected chi connectivity index (χ4v) is 2.27. The zero-order valence-electron chi connectivity index (χ0n) is 9.63. The Labute approximate surface area is 95.5 Å². The second-order valence-corrected chi connectivity index (χ2v) is 4.73. The summed E-state index contributed by atoms with van der Waals surface area (Å²) in [7, 11) is 1.78. The van der Waals surface area contributed by atoms with Crippen LogP contribution < -0.4 is 0 Å². The van der Waals surface area contributed by atoms with E-state index < -0.39 is 0 Å². The normalized spacial score (nSPS) is 30.6. The van der Waals surface area contributed by atoms with Crippen LogP contribution in [-0.2, 0) is 9.47 Å². The average Bonchev–Trinajstić information content (AvgIpc) is 3.07. The Balaban J connectivity index is 1.70. The van der Waals surface area contributed by atoms with E-state index in [-0.39, 0.29) is 6.10 Å². The summed E-state index contributed by atoms with van der Waals surface area (Å²) >= 11 is 0. The van der Waals surface area contributed by atoms with E-state index in [4.69, 9.17) is 9.47 Å². The molecule has 4 heteroatoms. The van der Waals surface area contributed by atoms with Gasteiger partial charge in [0, 0.05) is 31.9 Å². The molecule has 1 aliphatic heterocycles. The van der Waals surface area contributed by atoms with Gasteiger partial charge in [-0.15, -0.1) is 0 Å². The highest BCUT2D eigenvalue weighted by Gasteiger charge is 2.28. The summed E-state index contributed by atoms with van der Waals surface area (Å²) in [5.74, 6) is 0. The highest BCUT2D eigenvalue weighted by molar-refractivity contribution is 5.10. The molecule has 0 spiro atoms. The van der Waals surface area contributed by atoms with Crippen LogP contribution in [0.1, 0.15) is 43.4 Å². The standard InChI is InChI=1S/C12H18N2O2/c1-15-11-4-5-16-12(6-11)9-7-13-14(8-9)10-2-3-10/h7-8,10-12H,2-6H2,1H3/t11?,12-/m0/s1. The topological polar surface area (TPSA) is 36.3 Å². The first-order valence-corrected chi connectivity index (χ1v) is 6.05. The van der Waals surface area contributed by atoms with Crippen molar-refractivity contribution in [2.75, 3.05) is 13.7 Å². The number of nitrogens with zero attached hydrogens (tertiary/aromatic N) is 2. The van der Waals surface area contributed by atoms with E-state index in [0.29, 0.717) is 12.1 Å². The lowest BCUT2D eigenvalue weighted by molar-refractivity contribution is -0.0599. The van der Waals surface area contributed by atoms with E-state index in [9.17, 15) is 0 Å². The number of aromatic nitrogens is 2. The Morgan fingerprint density at radius 3 is 3.06 bits per heavy atom. The van der Waals surface area contributed by atoms with Gasteiger partial charge < -0.3 is 9.47 Å². The van der Waals surface area contributed by atoms with Gasteiger partial charge in [-0.25, -0.2) is 0 Å². The van der Waals surface area contributed by atoms with Crippen LogP contribution in [0.4, 0.5) is 0 Å². The van der Waals surface area contributed by atoms with Crippen LogP contribution in [0, 0.1) is 0 Å². The Hall–Kier alpha value is -0.870.